The van der Waals surface area contributed by atoms with E-state index < -0.39 is 31.1 Å². The highest BCUT2D eigenvalue weighted by atomic mass is 16.5. The van der Waals surface area contributed by atoms with Crippen molar-refractivity contribution in [2.45, 2.75) is 13.3 Å². The zero-order valence-corrected chi connectivity index (χ0v) is 9.64. The normalized spacial score (nSPS) is 19.1. The molecular formula is C10H16N2O5. The van der Waals surface area contributed by atoms with Crippen molar-refractivity contribution in [3.8, 4) is 0 Å². The smallest absolute Gasteiger partial charge is 0.329 e. The van der Waals surface area contributed by atoms with Crippen LogP contribution in [0.3, 0.4) is 0 Å². The third kappa shape index (κ3) is 4.81. The molecule has 0 radical (unpaired) electrons. The minimum atomic E-state index is -1.16. The molecule has 0 bridgehead atoms. The monoisotopic (exact) mass is 244 g/mol. The van der Waals surface area contributed by atoms with Crippen LogP contribution in [0.15, 0.2) is 0 Å². The number of nitrogens with one attached hydrogen (secondary N) is 1. The van der Waals surface area contributed by atoms with Gasteiger partial charge in [-0.1, -0.05) is 6.92 Å². The van der Waals surface area contributed by atoms with Gasteiger partial charge in [0.2, 0.25) is 0 Å². The molecule has 1 atom stereocenters. The molecule has 1 unspecified atom stereocenters. The number of likely N-dealkylation sites (tertiary alicyclic amines) is 1. The minimum Gasteiger partial charge on any atom is -0.480 e. The van der Waals surface area contributed by atoms with E-state index in [2.05, 4.69) is 10.1 Å². The highest BCUT2D eigenvalue weighted by Crippen LogP contribution is 2.14. The fraction of sp³-hybridized carbons (Fsp3) is 0.700. The van der Waals surface area contributed by atoms with Gasteiger partial charge in [-0.3, -0.25) is 10.1 Å². The van der Waals surface area contributed by atoms with Gasteiger partial charge in [-0.05, 0) is 12.3 Å². The van der Waals surface area contributed by atoms with E-state index in [-0.39, 0.29) is 0 Å². The van der Waals surface area contributed by atoms with Crippen LogP contribution >= 0.6 is 0 Å². The molecule has 0 aromatic carbocycles. The van der Waals surface area contributed by atoms with Crippen LogP contribution in [0.5, 0.6) is 0 Å². The molecule has 2 N–H and O–H groups in total. The predicted molar refractivity (Wildman–Crippen MR) is 57.3 cm³/mol. The zero-order chi connectivity index (χ0) is 12.8. The summed E-state index contributed by atoms with van der Waals surface area (Å²) in [6.45, 7) is 2.32. The van der Waals surface area contributed by atoms with E-state index in [1.807, 2.05) is 6.92 Å². The second kappa shape index (κ2) is 6.19. The van der Waals surface area contributed by atoms with Gasteiger partial charge in [0, 0.05) is 13.1 Å². The molecule has 0 aromatic heterocycles. The molecule has 1 aliphatic heterocycles. The molecule has 0 saturated carbocycles. The number of carboxylic acid groups (broad SMARTS) is 1. The van der Waals surface area contributed by atoms with Gasteiger partial charge in [0.1, 0.15) is 13.2 Å². The Balaban J connectivity index is 2.21. The lowest BCUT2D eigenvalue weighted by Crippen LogP contribution is -2.43. The average molecular weight is 244 g/mol. The molecule has 96 valence electrons. The number of carbonyl (C=O) groups excluding carboxylic acids is 2. The summed E-state index contributed by atoms with van der Waals surface area (Å²) in [6.07, 6.45) is 0.928. The summed E-state index contributed by atoms with van der Waals surface area (Å²) >= 11 is 0. The molecule has 7 nitrogen and oxygen atoms in total. The van der Waals surface area contributed by atoms with Crippen LogP contribution in [0.2, 0.25) is 0 Å². The Hall–Kier alpha value is -1.63. The lowest BCUT2D eigenvalue weighted by Gasteiger charge is -2.15. The van der Waals surface area contributed by atoms with Crippen LogP contribution in [0.4, 0.5) is 4.79 Å². The Bertz CT molecular complexity index is 318. The van der Waals surface area contributed by atoms with E-state index in [4.69, 9.17) is 5.11 Å². The number of aliphatic carboxylic acids is 1. The topological polar surface area (TPSA) is 95.9 Å². The van der Waals surface area contributed by atoms with Gasteiger partial charge >= 0.3 is 12.0 Å². The number of amides is 3. The highest BCUT2D eigenvalue weighted by molar-refractivity contribution is 5.95. The van der Waals surface area contributed by atoms with Crippen molar-refractivity contribution in [2.24, 2.45) is 5.92 Å². The second-order valence-electron chi connectivity index (χ2n) is 4.08. The molecule has 0 spiro atoms. The molecule has 1 saturated heterocycles. The standard InChI is InChI=1S/C10H16N2O5/c1-7-2-3-12(4-7)10(16)11-8(13)5-17-6-9(14)15/h7H,2-6H2,1H3,(H,14,15)(H,11,13,16). The molecule has 1 rings (SSSR count). The van der Waals surface area contributed by atoms with E-state index in [9.17, 15) is 14.4 Å². The summed E-state index contributed by atoms with van der Waals surface area (Å²) in [7, 11) is 0. The number of carbonyl (C=O) groups is 3. The minimum absolute atomic E-state index is 0.429. The van der Waals surface area contributed by atoms with Gasteiger partial charge in [0.15, 0.2) is 0 Å². The summed E-state index contributed by atoms with van der Waals surface area (Å²) in [4.78, 5) is 34.4. The van der Waals surface area contributed by atoms with Gasteiger partial charge in [-0.25, -0.2) is 9.59 Å². The quantitative estimate of drug-likeness (QED) is 0.705. The maximum absolute atomic E-state index is 11.5. The predicted octanol–water partition coefficient (Wildman–Crippen LogP) is -0.334. The van der Waals surface area contributed by atoms with Crippen LogP contribution in [0.25, 0.3) is 0 Å². The molecule has 17 heavy (non-hydrogen) atoms. The van der Waals surface area contributed by atoms with Crippen molar-refractivity contribution in [3.05, 3.63) is 0 Å². The van der Waals surface area contributed by atoms with Gasteiger partial charge in [0.05, 0.1) is 0 Å². The number of hydrogen-bond donors (Lipinski definition) is 2. The number of ether oxygens (including phenoxy) is 1. The van der Waals surface area contributed by atoms with Crippen molar-refractivity contribution >= 4 is 17.9 Å². The largest absolute Gasteiger partial charge is 0.480 e. The number of imide groups is 1. The molecular weight excluding hydrogens is 228 g/mol. The fourth-order valence-electron chi connectivity index (χ4n) is 1.58. The van der Waals surface area contributed by atoms with E-state index >= 15 is 0 Å². The maximum atomic E-state index is 11.5. The summed E-state index contributed by atoms with van der Waals surface area (Å²) < 4.78 is 4.56. The Morgan fingerprint density at radius 3 is 2.65 bits per heavy atom. The lowest BCUT2D eigenvalue weighted by atomic mass is 10.2. The fourth-order valence-corrected chi connectivity index (χ4v) is 1.58. The van der Waals surface area contributed by atoms with E-state index in [0.717, 1.165) is 6.42 Å². The van der Waals surface area contributed by atoms with Gasteiger partial charge in [0.25, 0.3) is 5.91 Å². The SMILES string of the molecule is CC1CCN(C(=O)NC(=O)COCC(=O)O)C1. The first kappa shape index (κ1) is 13.4. The maximum Gasteiger partial charge on any atom is 0.329 e. The van der Waals surface area contributed by atoms with Crippen LogP contribution in [-0.4, -0.2) is 54.2 Å². The molecule has 0 aromatic rings. The second-order valence-corrected chi connectivity index (χ2v) is 4.08. The van der Waals surface area contributed by atoms with E-state index in [1.54, 1.807) is 4.90 Å². The highest BCUT2D eigenvalue weighted by Gasteiger charge is 2.24. The Labute approximate surface area is 98.7 Å². The van der Waals surface area contributed by atoms with E-state index in [0.29, 0.717) is 19.0 Å². The van der Waals surface area contributed by atoms with Crippen LogP contribution in [0.1, 0.15) is 13.3 Å². The van der Waals surface area contributed by atoms with Gasteiger partial charge in [-0.2, -0.15) is 0 Å². The van der Waals surface area contributed by atoms with Crippen molar-refractivity contribution < 1.29 is 24.2 Å². The van der Waals surface area contributed by atoms with Crippen LogP contribution < -0.4 is 5.32 Å². The molecule has 0 aliphatic carbocycles. The van der Waals surface area contributed by atoms with Crippen molar-refractivity contribution in [2.75, 3.05) is 26.3 Å². The van der Waals surface area contributed by atoms with Crippen molar-refractivity contribution in [1.82, 2.24) is 10.2 Å². The third-order valence-electron chi connectivity index (χ3n) is 2.42. The zero-order valence-electron chi connectivity index (χ0n) is 9.64. The first-order valence-electron chi connectivity index (χ1n) is 5.37. The lowest BCUT2D eigenvalue weighted by molar-refractivity contribution is -0.143. The number of carboxylic acids is 1. The first-order chi connectivity index (χ1) is 7.99. The molecule has 1 fully saturated rings. The summed E-state index contributed by atoms with van der Waals surface area (Å²) in [5.41, 5.74) is 0. The molecule has 3 amide bonds. The van der Waals surface area contributed by atoms with Crippen LogP contribution in [0, 0.1) is 5.92 Å². The summed E-state index contributed by atoms with van der Waals surface area (Å²) in [5.74, 6) is -1.34. The van der Waals surface area contributed by atoms with Gasteiger partial charge in [-0.15, -0.1) is 0 Å². The first-order valence-corrected chi connectivity index (χ1v) is 5.37. The van der Waals surface area contributed by atoms with E-state index in [1.165, 1.54) is 0 Å². The number of nitrogens with zero attached hydrogens (tertiary/aromatic N) is 1. The molecule has 7 heteroatoms. The van der Waals surface area contributed by atoms with Crippen LogP contribution in [-0.2, 0) is 14.3 Å². The molecule has 1 aliphatic rings. The van der Waals surface area contributed by atoms with Crippen molar-refractivity contribution in [1.29, 1.82) is 0 Å². The average Bonchev–Trinajstić information content (AvgIpc) is 2.64. The van der Waals surface area contributed by atoms with Crippen molar-refractivity contribution in [3.63, 3.8) is 0 Å². The third-order valence-corrected chi connectivity index (χ3v) is 2.42. The number of urea groups is 1. The van der Waals surface area contributed by atoms with Gasteiger partial charge < -0.3 is 14.7 Å². The Morgan fingerprint density at radius 1 is 1.41 bits per heavy atom. The number of rotatable bonds is 4. The summed E-state index contributed by atoms with van der Waals surface area (Å²) in [5, 5.41) is 10.4. The summed E-state index contributed by atoms with van der Waals surface area (Å²) in [6, 6.07) is -0.446. The Morgan fingerprint density at radius 2 is 2.12 bits per heavy atom. The molecule has 1 heterocycles. The number of hydrogen-bond acceptors (Lipinski definition) is 4. The Kier molecular flexibility index (Phi) is 4.89.